The van der Waals surface area contributed by atoms with Crippen LogP contribution < -0.4 is 15.4 Å². The molecule has 3 rings (SSSR count). The number of carbonyl (C=O) groups excluding carboxylic acids is 1. The summed E-state index contributed by atoms with van der Waals surface area (Å²) in [4.78, 5) is 16.4. The van der Waals surface area contributed by atoms with Gasteiger partial charge in [-0.15, -0.1) is 0 Å². The van der Waals surface area contributed by atoms with Crippen LogP contribution in [0.3, 0.4) is 0 Å². The van der Waals surface area contributed by atoms with Crippen molar-refractivity contribution in [3.8, 4) is 5.75 Å². The average molecular weight is 347 g/mol. The van der Waals surface area contributed by atoms with Crippen molar-refractivity contribution in [1.82, 2.24) is 4.98 Å². The second kappa shape index (κ2) is 8.16. The average Bonchev–Trinajstić information content (AvgIpc) is 2.66. The van der Waals surface area contributed by atoms with Gasteiger partial charge in [0.25, 0.3) is 0 Å². The third kappa shape index (κ3) is 4.83. The number of nitrogens with zero attached hydrogens (tertiary/aromatic N) is 1. The maximum absolute atomic E-state index is 12.1. The monoisotopic (exact) mass is 347 g/mol. The highest BCUT2D eigenvalue weighted by Gasteiger charge is 2.05. The molecule has 0 saturated carbocycles. The number of carbonyl (C=O) groups is 1. The van der Waals surface area contributed by atoms with Crippen LogP contribution in [0.25, 0.3) is 0 Å². The van der Waals surface area contributed by atoms with Gasteiger partial charge in [0.1, 0.15) is 11.6 Å². The summed E-state index contributed by atoms with van der Waals surface area (Å²) in [5.74, 6) is 1.25. The lowest BCUT2D eigenvalue weighted by atomic mass is 10.1. The van der Waals surface area contributed by atoms with E-state index >= 15 is 0 Å². The number of anilines is 3. The molecular weight excluding hydrogens is 326 g/mol. The molecule has 2 aromatic carbocycles. The van der Waals surface area contributed by atoms with Gasteiger partial charge in [-0.2, -0.15) is 0 Å². The van der Waals surface area contributed by atoms with E-state index in [-0.39, 0.29) is 5.91 Å². The molecule has 1 amide bonds. The van der Waals surface area contributed by atoms with E-state index in [0.29, 0.717) is 12.2 Å². The van der Waals surface area contributed by atoms with Gasteiger partial charge in [-0.05, 0) is 48.9 Å². The lowest BCUT2D eigenvalue weighted by Gasteiger charge is -2.09. The van der Waals surface area contributed by atoms with Crippen LogP contribution in [0, 0.1) is 6.92 Å². The lowest BCUT2D eigenvalue weighted by molar-refractivity contribution is -0.115. The van der Waals surface area contributed by atoms with Gasteiger partial charge in [0.05, 0.1) is 25.4 Å². The first-order valence-electron chi connectivity index (χ1n) is 8.35. The molecule has 0 bridgehead atoms. The zero-order valence-electron chi connectivity index (χ0n) is 14.8. The summed E-state index contributed by atoms with van der Waals surface area (Å²) in [6, 6.07) is 19.2. The molecule has 1 heterocycles. The minimum absolute atomic E-state index is 0.0859. The van der Waals surface area contributed by atoms with Crippen molar-refractivity contribution >= 4 is 23.1 Å². The maximum atomic E-state index is 12.1. The van der Waals surface area contributed by atoms with Crippen LogP contribution in [0.2, 0.25) is 0 Å². The molecule has 0 spiro atoms. The quantitative estimate of drug-likeness (QED) is 0.697. The van der Waals surface area contributed by atoms with Crippen LogP contribution in [-0.4, -0.2) is 18.0 Å². The first kappa shape index (κ1) is 17.5. The van der Waals surface area contributed by atoms with Crippen LogP contribution >= 0.6 is 0 Å². The summed E-state index contributed by atoms with van der Waals surface area (Å²) in [5.41, 5.74) is 3.93. The van der Waals surface area contributed by atoms with Crippen LogP contribution in [-0.2, 0) is 11.2 Å². The van der Waals surface area contributed by atoms with E-state index in [1.54, 1.807) is 19.4 Å². The Bertz CT molecular complexity index is 857. The number of nitrogens with one attached hydrogen (secondary N) is 2. The Morgan fingerprint density at radius 1 is 0.962 bits per heavy atom. The van der Waals surface area contributed by atoms with Gasteiger partial charge in [-0.25, -0.2) is 4.98 Å². The highest BCUT2D eigenvalue weighted by Crippen LogP contribution is 2.20. The van der Waals surface area contributed by atoms with E-state index < -0.39 is 0 Å². The molecule has 26 heavy (non-hydrogen) atoms. The predicted molar refractivity (Wildman–Crippen MR) is 104 cm³/mol. The molecule has 3 aromatic rings. The van der Waals surface area contributed by atoms with E-state index in [4.69, 9.17) is 4.74 Å². The van der Waals surface area contributed by atoms with Crippen LogP contribution in [0.15, 0.2) is 66.9 Å². The third-order valence-electron chi connectivity index (χ3n) is 3.89. The Labute approximate surface area is 153 Å². The second-order valence-electron chi connectivity index (χ2n) is 6.00. The Balaban J connectivity index is 1.56. The summed E-state index contributed by atoms with van der Waals surface area (Å²) in [5, 5.41) is 6.07. The maximum Gasteiger partial charge on any atom is 0.229 e. The first-order valence-corrected chi connectivity index (χ1v) is 8.35. The fourth-order valence-corrected chi connectivity index (χ4v) is 2.46. The molecule has 0 atom stereocenters. The molecule has 2 N–H and O–H groups in total. The number of amides is 1. The normalized spacial score (nSPS) is 10.2. The Morgan fingerprint density at radius 3 is 2.27 bits per heavy atom. The molecule has 0 aliphatic rings. The summed E-state index contributed by atoms with van der Waals surface area (Å²) >= 11 is 0. The number of hydrogen-bond donors (Lipinski definition) is 2. The van der Waals surface area contributed by atoms with Gasteiger partial charge >= 0.3 is 0 Å². The number of rotatable bonds is 6. The Morgan fingerprint density at radius 2 is 1.65 bits per heavy atom. The molecule has 0 unspecified atom stereocenters. The van der Waals surface area contributed by atoms with Crippen molar-refractivity contribution in [2.45, 2.75) is 13.3 Å². The molecule has 5 nitrogen and oxygen atoms in total. The van der Waals surface area contributed by atoms with E-state index in [1.165, 1.54) is 5.56 Å². The smallest absolute Gasteiger partial charge is 0.229 e. The standard InChI is InChI=1S/C21H21N3O2/c1-15-3-5-16(6-4-15)13-21(25)24-20-12-9-18(14-22-20)23-17-7-10-19(26-2)11-8-17/h3-12,14,23H,13H2,1-2H3,(H,22,24,25). The SMILES string of the molecule is COc1ccc(Nc2ccc(NC(=O)Cc3ccc(C)cc3)nc2)cc1. The Kier molecular flexibility index (Phi) is 5.49. The fraction of sp³-hybridized carbons (Fsp3) is 0.143. The molecule has 0 saturated heterocycles. The minimum atomic E-state index is -0.0859. The highest BCUT2D eigenvalue weighted by atomic mass is 16.5. The first-order chi connectivity index (χ1) is 12.6. The summed E-state index contributed by atoms with van der Waals surface area (Å²) in [6.45, 7) is 2.02. The van der Waals surface area contributed by atoms with Gasteiger partial charge in [0, 0.05) is 5.69 Å². The van der Waals surface area contributed by atoms with E-state index in [9.17, 15) is 4.79 Å². The van der Waals surface area contributed by atoms with Crippen LogP contribution in [0.1, 0.15) is 11.1 Å². The fourth-order valence-electron chi connectivity index (χ4n) is 2.46. The van der Waals surface area contributed by atoms with Crippen molar-refractivity contribution in [3.05, 3.63) is 78.0 Å². The number of benzene rings is 2. The summed E-state index contributed by atoms with van der Waals surface area (Å²) in [6.07, 6.45) is 2.01. The van der Waals surface area contributed by atoms with E-state index in [2.05, 4.69) is 15.6 Å². The van der Waals surface area contributed by atoms with Crippen molar-refractivity contribution in [2.24, 2.45) is 0 Å². The van der Waals surface area contributed by atoms with Gasteiger partial charge in [-0.3, -0.25) is 4.79 Å². The number of pyridine rings is 1. The van der Waals surface area contributed by atoms with Gasteiger partial charge in [-0.1, -0.05) is 29.8 Å². The lowest BCUT2D eigenvalue weighted by Crippen LogP contribution is -2.15. The second-order valence-corrected chi connectivity index (χ2v) is 6.00. The van der Waals surface area contributed by atoms with Crippen molar-refractivity contribution in [1.29, 1.82) is 0 Å². The van der Waals surface area contributed by atoms with Crippen LogP contribution in [0.4, 0.5) is 17.2 Å². The summed E-state index contributed by atoms with van der Waals surface area (Å²) < 4.78 is 5.14. The van der Waals surface area contributed by atoms with Gasteiger partial charge in [0.15, 0.2) is 0 Å². The largest absolute Gasteiger partial charge is 0.497 e. The summed E-state index contributed by atoms with van der Waals surface area (Å²) in [7, 11) is 1.64. The molecule has 1 aromatic heterocycles. The molecule has 0 radical (unpaired) electrons. The number of hydrogen-bond acceptors (Lipinski definition) is 4. The molecule has 0 fully saturated rings. The van der Waals surface area contributed by atoms with Gasteiger partial charge in [0.2, 0.25) is 5.91 Å². The molecule has 0 aliphatic carbocycles. The predicted octanol–water partition coefficient (Wildman–Crippen LogP) is 4.32. The van der Waals surface area contributed by atoms with Crippen molar-refractivity contribution < 1.29 is 9.53 Å². The molecular formula is C21H21N3O2. The number of ether oxygens (including phenoxy) is 1. The van der Waals surface area contributed by atoms with Crippen molar-refractivity contribution in [2.75, 3.05) is 17.7 Å². The third-order valence-corrected chi connectivity index (χ3v) is 3.89. The minimum Gasteiger partial charge on any atom is -0.497 e. The number of aromatic nitrogens is 1. The van der Waals surface area contributed by atoms with Crippen LogP contribution in [0.5, 0.6) is 5.75 Å². The Hall–Kier alpha value is -3.34. The zero-order chi connectivity index (χ0) is 18.4. The van der Waals surface area contributed by atoms with E-state index in [0.717, 1.165) is 22.7 Å². The molecule has 0 aliphatic heterocycles. The van der Waals surface area contributed by atoms with Crippen molar-refractivity contribution in [3.63, 3.8) is 0 Å². The van der Waals surface area contributed by atoms with Gasteiger partial charge < -0.3 is 15.4 Å². The zero-order valence-corrected chi connectivity index (χ0v) is 14.8. The highest BCUT2D eigenvalue weighted by molar-refractivity contribution is 5.91. The number of methoxy groups -OCH3 is 1. The number of aryl methyl sites for hydroxylation is 1. The molecule has 132 valence electrons. The van der Waals surface area contributed by atoms with E-state index in [1.807, 2.05) is 61.5 Å². The topological polar surface area (TPSA) is 63.2 Å². The molecule has 5 heteroatoms.